The highest BCUT2D eigenvalue weighted by Gasteiger charge is 2.31. The third-order valence-electron chi connectivity index (χ3n) is 7.54. The van der Waals surface area contributed by atoms with Gasteiger partial charge in [-0.1, -0.05) is 72.6 Å². The molecule has 5 rings (SSSR count). The van der Waals surface area contributed by atoms with Gasteiger partial charge in [0.2, 0.25) is 5.88 Å². The van der Waals surface area contributed by atoms with Crippen molar-refractivity contribution in [2.24, 2.45) is 0 Å². The van der Waals surface area contributed by atoms with Crippen LogP contribution in [-0.2, 0) is 6.54 Å². The van der Waals surface area contributed by atoms with Crippen molar-refractivity contribution in [2.75, 3.05) is 13.1 Å². The minimum Gasteiger partial charge on any atom is -0.439 e. The Bertz CT molecular complexity index is 1430. The number of carbonyl (C=O) groups is 1. The Morgan fingerprint density at radius 2 is 1.68 bits per heavy atom. The highest BCUT2D eigenvalue weighted by molar-refractivity contribution is 6.32. The number of amides is 1. The first-order valence-electron chi connectivity index (χ1n) is 13.8. The molecule has 0 aliphatic carbocycles. The summed E-state index contributed by atoms with van der Waals surface area (Å²) in [6.45, 7) is 6.00. The molecule has 1 atom stereocenters. The number of ether oxygens (including phenoxy) is 1. The smallest absolute Gasteiger partial charge is 0.274 e. The number of nitrogens with zero attached hydrogens (tertiary/aromatic N) is 3. The van der Waals surface area contributed by atoms with E-state index in [1.165, 1.54) is 5.56 Å². The fourth-order valence-corrected chi connectivity index (χ4v) is 5.33. The van der Waals surface area contributed by atoms with Gasteiger partial charge in [-0.2, -0.15) is 9.78 Å². The predicted octanol–water partition coefficient (Wildman–Crippen LogP) is 7.88. The quantitative estimate of drug-likeness (QED) is 0.220. The molecular weight excluding hydrogens is 543 g/mol. The number of para-hydroxylation sites is 1. The summed E-state index contributed by atoms with van der Waals surface area (Å²) >= 11 is 12.7. The molecule has 208 valence electrons. The Balaban J connectivity index is 1.52. The molecule has 0 saturated carbocycles. The lowest BCUT2D eigenvalue weighted by atomic mass is 9.89. The van der Waals surface area contributed by atoms with Crippen LogP contribution in [0.5, 0.6) is 11.6 Å². The number of hydrogen-bond acceptors (Lipinski definition) is 4. The lowest BCUT2D eigenvalue weighted by Crippen LogP contribution is -2.38. The van der Waals surface area contributed by atoms with E-state index in [1.54, 1.807) is 35.0 Å². The van der Waals surface area contributed by atoms with Crippen molar-refractivity contribution in [3.05, 3.63) is 106 Å². The number of hydrogen-bond donors (Lipinski definition) is 1. The molecule has 0 radical (unpaired) electrons. The van der Waals surface area contributed by atoms with Gasteiger partial charge in [0, 0.05) is 30.7 Å². The van der Waals surface area contributed by atoms with Crippen molar-refractivity contribution in [1.29, 1.82) is 0 Å². The summed E-state index contributed by atoms with van der Waals surface area (Å²) in [5.41, 5.74) is 3.04. The van der Waals surface area contributed by atoms with Crippen LogP contribution in [-0.4, -0.2) is 39.7 Å². The van der Waals surface area contributed by atoms with E-state index in [-0.39, 0.29) is 11.9 Å². The van der Waals surface area contributed by atoms with E-state index >= 15 is 0 Å². The van der Waals surface area contributed by atoms with E-state index in [2.05, 4.69) is 43.4 Å². The number of benzene rings is 3. The van der Waals surface area contributed by atoms with Crippen molar-refractivity contribution < 1.29 is 9.53 Å². The molecule has 1 N–H and O–H groups in total. The third kappa shape index (κ3) is 6.35. The van der Waals surface area contributed by atoms with Crippen LogP contribution in [0.15, 0.2) is 78.9 Å². The topological polar surface area (TPSA) is 59.4 Å². The predicted molar refractivity (Wildman–Crippen MR) is 161 cm³/mol. The Kier molecular flexibility index (Phi) is 9.10. The van der Waals surface area contributed by atoms with Crippen LogP contribution in [0, 0.1) is 0 Å². The number of likely N-dealkylation sites (tertiary alicyclic amines) is 1. The molecule has 1 amide bonds. The lowest BCUT2D eigenvalue weighted by Gasteiger charge is -2.32. The molecule has 4 aromatic rings. The molecule has 1 saturated heterocycles. The highest BCUT2D eigenvalue weighted by Crippen LogP contribution is 2.35. The summed E-state index contributed by atoms with van der Waals surface area (Å²) in [4.78, 5) is 16.0. The minimum absolute atomic E-state index is 0.0979. The first kappa shape index (κ1) is 28.2. The van der Waals surface area contributed by atoms with Crippen LogP contribution in [0.1, 0.15) is 60.6 Å². The van der Waals surface area contributed by atoms with Crippen LogP contribution in [0.3, 0.4) is 0 Å². The van der Waals surface area contributed by atoms with Gasteiger partial charge >= 0.3 is 0 Å². The molecule has 1 aromatic heterocycles. The molecule has 2 heterocycles. The maximum Gasteiger partial charge on any atom is 0.274 e. The fourth-order valence-electron chi connectivity index (χ4n) is 4.98. The van der Waals surface area contributed by atoms with Crippen molar-refractivity contribution in [1.82, 2.24) is 20.0 Å². The van der Waals surface area contributed by atoms with Crippen LogP contribution in [0.4, 0.5) is 0 Å². The van der Waals surface area contributed by atoms with Crippen molar-refractivity contribution >= 4 is 29.1 Å². The van der Waals surface area contributed by atoms with E-state index < -0.39 is 0 Å². The molecule has 1 aliphatic rings. The standard InChI is InChI=1S/C32H34Cl2N4O2/c1-3-22(2)35-21-27-30(31(39)37-19-17-24(18-20-37)23-9-5-4-6-10-23)36-38(29-12-8-7-11-28(29)34)32(27)40-26-15-13-25(33)14-16-26/h4-16,22,24,35H,3,17-21H2,1-2H3. The van der Waals surface area contributed by atoms with Gasteiger partial charge in [0.15, 0.2) is 5.69 Å². The Labute approximate surface area is 245 Å². The van der Waals surface area contributed by atoms with Crippen LogP contribution >= 0.6 is 23.2 Å². The van der Waals surface area contributed by atoms with Gasteiger partial charge in [-0.3, -0.25) is 4.79 Å². The number of piperidine rings is 1. The zero-order chi connectivity index (χ0) is 28.1. The average Bonchev–Trinajstić information content (AvgIpc) is 3.34. The summed E-state index contributed by atoms with van der Waals surface area (Å²) < 4.78 is 8.08. The van der Waals surface area contributed by atoms with Gasteiger partial charge in [-0.05, 0) is 74.1 Å². The van der Waals surface area contributed by atoms with Crippen LogP contribution < -0.4 is 10.1 Å². The summed E-state index contributed by atoms with van der Waals surface area (Å²) in [6, 6.07) is 25.4. The molecular formula is C32H34Cl2N4O2. The number of rotatable bonds is 9. The normalized spacial score (nSPS) is 14.8. The van der Waals surface area contributed by atoms with E-state index in [0.717, 1.165) is 19.3 Å². The second-order valence-electron chi connectivity index (χ2n) is 10.2. The summed E-state index contributed by atoms with van der Waals surface area (Å²) in [7, 11) is 0. The Morgan fingerprint density at radius 3 is 2.35 bits per heavy atom. The second-order valence-corrected chi connectivity index (χ2v) is 11.1. The molecule has 0 bridgehead atoms. The number of carbonyl (C=O) groups excluding carboxylic acids is 1. The average molecular weight is 578 g/mol. The Hall–Kier alpha value is -3.32. The van der Waals surface area contributed by atoms with Crippen molar-refractivity contribution in [2.45, 2.75) is 51.6 Å². The zero-order valence-corrected chi connectivity index (χ0v) is 24.3. The van der Waals surface area contributed by atoms with E-state index in [4.69, 9.17) is 33.0 Å². The SMILES string of the molecule is CCC(C)NCc1c(C(=O)N2CCC(c3ccccc3)CC2)nn(-c2ccccc2Cl)c1Oc1ccc(Cl)cc1. The van der Waals surface area contributed by atoms with Gasteiger partial charge in [-0.15, -0.1) is 0 Å². The first-order valence-corrected chi connectivity index (χ1v) is 14.6. The molecule has 3 aromatic carbocycles. The highest BCUT2D eigenvalue weighted by atomic mass is 35.5. The van der Waals surface area contributed by atoms with E-state index in [1.807, 2.05) is 29.2 Å². The number of aromatic nitrogens is 2. The van der Waals surface area contributed by atoms with E-state index in [0.29, 0.717) is 64.2 Å². The summed E-state index contributed by atoms with van der Waals surface area (Å²) in [6.07, 6.45) is 2.77. The van der Waals surface area contributed by atoms with Gasteiger partial charge in [0.05, 0.1) is 16.3 Å². The first-order chi connectivity index (χ1) is 19.4. The largest absolute Gasteiger partial charge is 0.439 e. The summed E-state index contributed by atoms with van der Waals surface area (Å²) in [5, 5.41) is 9.51. The number of nitrogens with one attached hydrogen (secondary N) is 1. The van der Waals surface area contributed by atoms with Crippen molar-refractivity contribution in [3.63, 3.8) is 0 Å². The molecule has 1 unspecified atom stereocenters. The monoisotopic (exact) mass is 576 g/mol. The molecule has 6 nitrogen and oxygen atoms in total. The molecule has 0 spiro atoms. The third-order valence-corrected chi connectivity index (χ3v) is 8.11. The zero-order valence-electron chi connectivity index (χ0n) is 22.8. The molecule has 1 aliphatic heterocycles. The second kappa shape index (κ2) is 12.9. The van der Waals surface area contributed by atoms with Crippen LogP contribution in [0.2, 0.25) is 10.0 Å². The van der Waals surface area contributed by atoms with Gasteiger partial charge in [0.25, 0.3) is 5.91 Å². The molecule has 1 fully saturated rings. The van der Waals surface area contributed by atoms with Gasteiger partial charge in [0.1, 0.15) is 5.75 Å². The molecule has 40 heavy (non-hydrogen) atoms. The van der Waals surface area contributed by atoms with Crippen molar-refractivity contribution in [3.8, 4) is 17.3 Å². The number of halogens is 2. The maximum atomic E-state index is 14.1. The Morgan fingerprint density at radius 1 is 1.00 bits per heavy atom. The van der Waals surface area contributed by atoms with Crippen LogP contribution in [0.25, 0.3) is 5.69 Å². The van der Waals surface area contributed by atoms with E-state index in [9.17, 15) is 4.79 Å². The minimum atomic E-state index is -0.0979. The van der Waals surface area contributed by atoms with Gasteiger partial charge in [-0.25, -0.2) is 0 Å². The molecule has 8 heteroatoms. The fraction of sp³-hybridized carbons (Fsp3) is 0.312. The lowest BCUT2D eigenvalue weighted by molar-refractivity contribution is 0.0705. The maximum absolute atomic E-state index is 14.1. The van der Waals surface area contributed by atoms with Gasteiger partial charge < -0.3 is 15.0 Å². The summed E-state index contributed by atoms with van der Waals surface area (Å²) in [5.74, 6) is 1.39.